The van der Waals surface area contributed by atoms with Gasteiger partial charge in [-0.05, 0) is 31.0 Å². The van der Waals surface area contributed by atoms with Crippen molar-refractivity contribution in [3.05, 3.63) is 29.3 Å². The molecular formula is C18H24ClN3O2. The Balaban J connectivity index is 1.56. The molecule has 2 amide bonds. The maximum atomic E-state index is 12.8. The first-order valence-electron chi connectivity index (χ1n) is 8.59. The Hall–Kier alpha value is -1.75. The number of likely N-dealkylation sites (tertiary alicyclic amines) is 1. The SMILES string of the molecule is CC(=O)N1CCC[C@H](C(=O)N2CCN(c3cccc(Cl)c3)CC2)C1. The van der Waals surface area contributed by atoms with Crippen molar-refractivity contribution in [2.75, 3.05) is 44.2 Å². The molecule has 1 atom stereocenters. The molecule has 24 heavy (non-hydrogen) atoms. The third kappa shape index (κ3) is 3.83. The van der Waals surface area contributed by atoms with Crippen LogP contribution >= 0.6 is 11.6 Å². The number of rotatable bonds is 2. The van der Waals surface area contributed by atoms with E-state index in [1.807, 2.05) is 23.1 Å². The molecule has 0 aliphatic carbocycles. The number of piperazine rings is 1. The second-order valence-electron chi connectivity index (χ2n) is 6.60. The summed E-state index contributed by atoms with van der Waals surface area (Å²) < 4.78 is 0. The molecule has 0 unspecified atom stereocenters. The zero-order chi connectivity index (χ0) is 17.1. The van der Waals surface area contributed by atoms with E-state index in [9.17, 15) is 9.59 Å². The summed E-state index contributed by atoms with van der Waals surface area (Å²) in [5, 5.41) is 0.734. The lowest BCUT2D eigenvalue weighted by Crippen LogP contribution is -2.53. The summed E-state index contributed by atoms with van der Waals surface area (Å²) >= 11 is 6.06. The lowest BCUT2D eigenvalue weighted by Gasteiger charge is -2.39. The van der Waals surface area contributed by atoms with Crippen molar-refractivity contribution >= 4 is 29.1 Å². The van der Waals surface area contributed by atoms with E-state index in [-0.39, 0.29) is 17.7 Å². The number of hydrogen-bond acceptors (Lipinski definition) is 3. The fourth-order valence-electron chi connectivity index (χ4n) is 3.58. The van der Waals surface area contributed by atoms with Gasteiger partial charge in [0.15, 0.2) is 0 Å². The minimum absolute atomic E-state index is 0.0413. The first-order chi connectivity index (χ1) is 11.5. The highest BCUT2D eigenvalue weighted by Gasteiger charge is 2.31. The smallest absolute Gasteiger partial charge is 0.227 e. The van der Waals surface area contributed by atoms with Crippen molar-refractivity contribution in [1.29, 1.82) is 0 Å². The molecule has 0 bridgehead atoms. The zero-order valence-corrected chi connectivity index (χ0v) is 14.8. The molecule has 130 valence electrons. The van der Waals surface area contributed by atoms with Crippen molar-refractivity contribution in [2.45, 2.75) is 19.8 Å². The van der Waals surface area contributed by atoms with Crippen molar-refractivity contribution < 1.29 is 9.59 Å². The highest BCUT2D eigenvalue weighted by atomic mass is 35.5. The minimum Gasteiger partial charge on any atom is -0.368 e. The topological polar surface area (TPSA) is 43.9 Å². The number of nitrogens with zero attached hydrogens (tertiary/aromatic N) is 3. The Morgan fingerprint density at radius 1 is 1.08 bits per heavy atom. The van der Waals surface area contributed by atoms with Crippen LogP contribution in [0.15, 0.2) is 24.3 Å². The predicted octanol–water partition coefficient (Wildman–Crippen LogP) is 2.25. The molecule has 2 aliphatic heterocycles. The van der Waals surface area contributed by atoms with E-state index < -0.39 is 0 Å². The van der Waals surface area contributed by atoms with Gasteiger partial charge in [-0.1, -0.05) is 17.7 Å². The van der Waals surface area contributed by atoms with E-state index >= 15 is 0 Å². The van der Waals surface area contributed by atoms with Gasteiger partial charge in [0.1, 0.15) is 0 Å². The Labute approximate surface area is 148 Å². The van der Waals surface area contributed by atoms with Crippen LogP contribution in [0.4, 0.5) is 5.69 Å². The van der Waals surface area contributed by atoms with E-state index in [0.29, 0.717) is 6.54 Å². The van der Waals surface area contributed by atoms with Crippen molar-refractivity contribution in [1.82, 2.24) is 9.80 Å². The Kier molecular flexibility index (Phi) is 5.29. The van der Waals surface area contributed by atoms with E-state index in [0.717, 1.165) is 56.3 Å². The third-order valence-corrected chi connectivity index (χ3v) is 5.22. The molecular weight excluding hydrogens is 326 g/mol. The van der Waals surface area contributed by atoms with Crippen LogP contribution in [0.3, 0.4) is 0 Å². The first-order valence-corrected chi connectivity index (χ1v) is 8.97. The summed E-state index contributed by atoms with van der Waals surface area (Å²) in [4.78, 5) is 30.3. The van der Waals surface area contributed by atoms with Crippen LogP contribution in [-0.4, -0.2) is 60.9 Å². The van der Waals surface area contributed by atoms with Gasteiger partial charge in [-0.25, -0.2) is 0 Å². The van der Waals surface area contributed by atoms with Gasteiger partial charge >= 0.3 is 0 Å². The first kappa shape index (κ1) is 17.1. The molecule has 2 saturated heterocycles. The number of anilines is 1. The fourth-order valence-corrected chi connectivity index (χ4v) is 3.77. The number of piperidine rings is 1. The van der Waals surface area contributed by atoms with Crippen LogP contribution in [0.25, 0.3) is 0 Å². The molecule has 2 fully saturated rings. The van der Waals surface area contributed by atoms with Crippen molar-refractivity contribution in [3.8, 4) is 0 Å². The van der Waals surface area contributed by atoms with Gasteiger partial charge in [0, 0.05) is 56.9 Å². The minimum atomic E-state index is -0.0413. The van der Waals surface area contributed by atoms with Crippen LogP contribution in [-0.2, 0) is 9.59 Å². The summed E-state index contributed by atoms with van der Waals surface area (Å²) in [6, 6.07) is 7.84. The largest absolute Gasteiger partial charge is 0.368 e. The Bertz CT molecular complexity index is 614. The van der Waals surface area contributed by atoms with E-state index in [4.69, 9.17) is 11.6 Å². The van der Waals surface area contributed by atoms with Gasteiger partial charge < -0.3 is 14.7 Å². The van der Waals surface area contributed by atoms with Gasteiger partial charge in [0.25, 0.3) is 0 Å². The van der Waals surface area contributed by atoms with E-state index in [1.165, 1.54) is 0 Å². The molecule has 0 N–H and O–H groups in total. The Morgan fingerprint density at radius 2 is 1.83 bits per heavy atom. The van der Waals surface area contributed by atoms with E-state index in [1.54, 1.807) is 11.8 Å². The number of halogens is 1. The molecule has 2 heterocycles. The fraction of sp³-hybridized carbons (Fsp3) is 0.556. The van der Waals surface area contributed by atoms with Gasteiger partial charge in [-0.15, -0.1) is 0 Å². The van der Waals surface area contributed by atoms with Crippen LogP contribution in [0.1, 0.15) is 19.8 Å². The number of hydrogen-bond donors (Lipinski definition) is 0. The monoisotopic (exact) mass is 349 g/mol. The highest BCUT2D eigenvalue weighted by Crippen LogP contribution is 2.23. The molecule has 3 rings (SSSR count). The van der Waals surface area contributed by atoms with Gasteiger partial charge in [0.2, 0.25) is 11.8 Å². The quantitative estimate of drug-likeness (QED) is 0.822. The maximum Gasteiger partial charge on any atom is 0.227 e. The van der Waals surface area contributed by atoms with Crippen molar-refractivity contribution in [2.24, 2.45) is 5.92 Å². The van der Waals surface area contributed by atoms with E-state index in [2.05, 4.69) is 11.0 Å². The summed E-state index contributed by atoms with van der Waals surface area (Å²) in [7, 11) is 0. The second-order valence-corrected chi connectivity index (χ2v) is 7.03. The predicted molar refractivity (Wildman–Crippen MR) is 95.2 cm³/mol. The van der Waals surface area contributed by atoms with Gasteiger partial charge in [-0.3, -0.25) is 9.59 Å². The zero-order valence-electron chi connectivity index (χ0n) is 14.1. The van der Waals surface area contributed by atoms with Crippen LogP contribution in [0.5, 0.6) is 0 Å². The molecule has 0 spiro atoms. The lowest BCUT2D eigenvalue weighted by molar-refractivity contribution is -0.140. The summed E-state index contributed by atoms with van der Waals surface area (Å²) in [6.45, 7) is 6.01. The summed E-state index contributed by atoms with van der Waals surface area (Å²) in [5.74, 6) is 0.227. The maximum absolute atomic E-state index is 12.8. The van der Waals surface area contributed by atoms with Crippen molar-refractivity contribution in [3.63, 3.8) is 0 Å². The molecule has 1 aromatic carbocycles. The molecule has 0 saturated carbocycles. The van der Waals surface area contributed by atoms with Gasteiger partial charge in [0.05, 0.1) is 5.92 Å². The molecule has 5 nitrogen and oxygen atoms in total. The normalized spacial score (nSPS) is 21.8. The molecule has 1 aromatic rings. The number of amides is 2. The van der Waals surface area contributed by atoms with Crippen LogP contribution < -0.4 is 4.90 Å². The third-order valence-electron chi connectivity index (χ3n) is 4.98. The van der Waals surface area contributed by atoms with Crippen LogP contribution in [0, 0.1) is 5.92 Å². The number of benzene rings is 1. The standard InChI is InChI=1S/C18H24ClN3O2/c1-14(23)22-7-3-4-15(13-22)18(24)21-10-8-20(9-11-21)17-6-2-5-16(19)12-17/h2,5-6,12,15H,3-4,7-11,13H2,1H3/t15-/m0/s1. The molecule has 6 heteroatoms. The summed E-state index contributed by atoms with van der Waals surface area (Å²) in [5.41, 5.74) is 1.11. The summed E-state index contributed by atoms with van der Waals surface area (Å²) in [6.07, 6.45) is 1.80. The number of carbonyl (C=O) groups excluding carboxylic acids is 2. The Morgan fingerprint density at radius 3 is 2.50 bits per heavy atom. The average molecular weight is 350 g/mol. The van der Waals surface area contributed by atoms with Gasteiger partial charge in [-0.2, -0.15) is 0 Å². The average Bonchev–Trinajstić information content (AvgIpc) is 2.61. The second kappa shape index (κ2) is 7.43. The molecule has 0 aromatic heterocycles. The molecule has 0 radical (unpaired) electrons. The molecule has 2 aliphatic rings. The highest BCUT2D eigenvalue weighted by molar-refractivity contribution is 6.30. The number of carbonyl (C=O) groups is 2. The van der Waals surface area contributed by atoms with Crippen LogP contribution in [0.2, 0.25) is 5.02 Å². The lowest BCUT2D eigenvalue weighted by atomic mass is 9.96.